The van der Waals surface area contributed by atoms with Crippen molar-refractivity contribution in [1.29, 1.82) is 0 Å². The summed E-state index contributed by atoms with van der Waals surface area (Å²) in [7, 11) is -3.01. The van der Waals surface area contributed by atoms with Gasteiger partial charge in [0, 0.05) is 0 Å². The minimum absolute atomic E-state index is 0.890. The Bertz CT molecular complexity index is 1780. The van der Waals surface area contributed by atoms with Gasteiger partial charge in [0.1, 0.15) is 0 Å². The van der Waals surface area contributed by atoms with E-state index in [2.05, 4.69) is 169 Å². The molecule has 0 atom stereocenters. The molecule has 0 unspecified atom stereocenters. The molecule has 0 radical (unpaired) electrons. The van der Waals surface area contributed by atoms with Gasteiger partial charge in [-0.05, 0) is 143 Å². The lowest BCUT2D eigenvalue weighted by Gasteiger charge is -2.31. The molecule has 0 aromatic heterocycles. The molecule has 0 nitrogen and oxygen atoms in total. The van der Waals surface area contributed by atoms with Crippen LogP contribution >= 0.6 is 11.1 Å². The molecule has 0 saturated carbocycles. The smallest absolute Gasteiger partial charge is 0.149 e. The lowest BCUT2D eigenvalue weighted by Crippen LogP contribution is -2.63. The fraction of sp³-hybridized carbons (Fsp3) is 0.200. The second-order valence-electron chi connectivity index (χ2n) is 13.4. The molecule has 0 aliphatic rings. The maximum atomic E-state index is 8.45. The zero-order chi connectivity index (χ0) is 33.1. The molecule has 2 heteroatoms. The van der Waals surface area contributed by atoms with Crippen LogP contribution in [0.3, 0.4) is 0 Å². The van der Waals surface area contributed by atoms with Gasteiger partial charge >= 0.3 is 0 Å². The fourth-order valence-corrected chi connectivity index (χ4v) is 11.2. The minimum Gasteiger partial charge on any atom is -0.149 e. The maximum absolute atomic E-state index is 8.45. The first-order chi connectivity index (χ1) is 22.6. The van der Waals surface area contributed by atoms with Crippen molar-refractivity contribution in [2.24, 2.45) is 0 Å². The Morgan fingerprint density at radius 1 is 0.383 bits per heavy atom. The lowest BCUT2D eigenvalue weighted by molar-refractivity contribution is 1.14. The van der Waals surface area contributed by atoms with Gasteiger partial charge in [0.15, 0.2) is 0 Å². The third-order valence-electron chi connectivity index (χ3n) is 10.2. The predicted octanol–water partition coefficient (Wildman–Crippen LogP) is 9.52. The highest BCUT2D eigenvalue weighted by atomic mass is 35.6. The van der Waals surface area contributed by atoms with Gasteiger partial charge in [-0.2, -0.15) is 0 Å². The number of benzene rings is 6. The van der Waals surface area contributed by atoms with E-state index in [1.807, 2.05) is 0 Å². The Labute approximate surface area is 287 Å². The second kappa shape index (κ2) is 13.9. The molecule has 47 heavy (non-hydrogen) atoms. The van der Waals surface area contributed by atoms with Crippen LogP contribution in [0, 0.1) is 41.5 Å². The van der Waals surface area contributed by atoms with Crippen LogP contribution in [0.1, 0.15) is 66.8 Å². The first-order valence-corrected chi connectivity index (χ1v) is 19.8. The van der Waals surface area contributed by atoms with Gasteiger partial charge in [-0.1, -0.05) is 127 Å². The number of hydrogen-bond acceptors (Lipinski definition) is 0. The zero-order valence-corrected chi connectivity index (χ0v) is 30.4. The molecule has 0 N–H and O–H groups in total. The zero-order valence-electron chi connectivity index (χ0n) is 28.6. The molecule has 0 amide bonds. The Kier molecular flexibility index (Phi) is 9.69. The minimum atomic E-state index is -3.01. The van der Waals surface area contributed by atoms with Gasteiger partial charge in [-0.25, -0.2) is 0 Å². The van der Waals surface area contributed by atoms with Crippen molar-refractivity contribution in [1.82, 2.24) is 0 Å². The van der Waals surface area contributed by atoms with E-state index in [1.165, 1.54) is 82.3 Å². The van der Waals surface area contributed by atoms with Gasteiger partial charge in [-0.3, -0.25) is 0 Å². The van der Waals surface area contributed by atoms with Crippen LogP contribution in [0.2, 0.25) is 0 Å². The van der Waals surface area contributed by atoms with E-state index in [-0.39, 0.29) is 0 Å². The van der Waals surface area contributed by atoms with Crippen LogP contribution in [0.15, 0.2) is 127 Å². The van der Waals surface area contributed by atoms with E-state index < -0.39 is 7.38 Å². The molecule has 6 aromatic carbocycles. The standard InChI is InChI=1S/C45H45ClSi/c1-31-22-43(28-40(34(31)4)25-37-16-10-7-11-17-37)47(46,44-23-32(2)35(5)41(29-44)26-38-18-12-8-13-19-38)45-24-33(3)36(6)42(30-45)27-39-20-14-9-15-21-39/h7-24,28-30H,25-27H2,1-6H3. The van der Waals surface area contributed by atoms with Gasteiger partial charge in [-0.15, -0.1) is 11.1 Å². The third kappa shape index (κ3) is 6.93. The SMILES string of the molecule is Cc1cc([Si](Cl)(c2cc(C)c(C)c(Cc3ccccc3)c2)c2cc(C)c(C)c(Cc3ccccc3)c2)cc(Cc2ccccc2)c1C. The summed E-state index contributed by atoms with van der Waals surface area (Å²) in [4.78, 5) is 0. The third-order valence-corrected chi connectivity index (χ3v) is 15.4. The average Bonchev–Trinajstić information content (AvgIpc) is 3.08. The van der Waals surface area contributed by atoms with E-state index >= 15 is 0 Å². The fourth-order valence-electron chi connectivity index (χ4n) is 6.89. The van der Waals surface area contributed by atoms with Crippen molar-refractivity contribution in [3.63, 3.8) is 0 Å². The molecular weight excluding hydrogens is 604 g/mol. The van der Waals surface area contributed by atoms with E-state index in [4.69, 9.17) is 11.1 Å². The number of halogens is 1. The van der Waals surface area contributed by atoms with Crippen molar-refractivity contribution in [3.05, 3.63) is 194 Å². The molecule has 236 valence electrons. The Balaban J connectivity index is 1.58. The first-order valence-electron chi connectivity index (χ1n) is 16.8. The summed E-state index contributed by atoms with van der Waals surface area (Å²) in [6.45, 7) is 13.5. The van der Waals surface area contributed by atoms with Crippen LogP contribution in [-0.4, -0.2) is 7.38 Å². The molecule has 0 fully saturated rings. The number of rotatable bonds is 9. The summed E-state index contributed by atoms with van der Waals surface area (Å²) in [6.07, 6.45) is 2.67. The molecule has 6 rings (SSSR count). The lowest BCUT2D eigenvalue weighted by atomic mass is 9.97. The van der Waals surface area contributed by atoms with Crippen molar-refractivity contribution >= 4 is 34.0 Å². The molecule has 0 aliphatic carbocycles. The van der Waals surface area contributed by atoms with Crippen molar-refractivity contribution in [3.8, 4) is 0 Å². The van der Waals surface area contributed by atoms with E-state index in [9.17, 15) is 0 Å². The summed E-state index contributed by atoms with van der Waals surface area (Å²) < 4.78 is 0. The summed E-state index contributed by atoms with van der Waals surface area (Å²) in [5.74, 6) is 0. The molecule has 0 spiro atoms. The largest absolute Gasteiger partial charge is 0.247 e. The molecule has 0 bridgehead atoms. The number of aryl methyl sites for hydroxylation is 3. The molecular formula is C45H45ClSi. The van der Waals surface area contributed by atoms with Gasteiger partial charge in [0.25, 0.3) is 0 Å². The highest BCUT2D eigenvalue weighted by Crippen LogP contribution is 2.26. The van der Waals surface area contributed by atoms with Gasteiger partial charge in [0.2, 0.25) is 7.38 Å². The van der Waals surface area contributed by atoms with Crippen molar-refractivity contribution in [2.75, 3.05) is 0 Å². The summed E-state index contributed by atoms with van der Waals surface area (Å²) in [5, 5.41) is 3.78. The number of hydrogen-bond donors (Lipinski definition) is 0. The molecule has 6 aromatic rings. The summed E-state index contributed by atoms with van der Waals surface area (Å²) in [6, 6.07) is 46.9. The van der Waals surface area contributed by atoms with Crippen LogP contribution in [0.4, 0.5) is 0 Å². The molecule has 0 aliphatic heterocycles. The van der Waals surface area contributed by atoms with E-state index in [0.717, 1.165) is 19.3 Å². The van der Waals surface area contributed by atoms with Gasteiger partial charge < -0.3 is 0 Å². The van der Waals surface area contributed by atoms with Crippen LogP contribution in [0.5, 0.6) is 0 Å². The van der Waals surface area contributed by atoms with Gasteiger partial charge in [0.05, 0.1) is 0 Å². The highest BCUT2D eigenvalue weighted by molar-refractivity contribution is 7.40. The van der Waals surface area contributed by atoms with Crippen molar-refractivity contribution in [2.45, 2.75) is 60.8 Å². The average molecular weight is 649 g/mol. The van der Waals surface area contributed by atoms with E-state index in [1.54, 1.807) is 0 Å². The highest BCUT2D eigenvalue weighted by Gasteiger charge is 2.40. The quantitative estimate of drug-likeness (QED) is 0.0832. The van der Waals surface area contributed by atoms with Crippen LogP contribution in [-0.2, 0) is 19.3 Å². The Morgan fingerprint density at radius 3 is 0.894 bits per heavy atom. The van der Waals surface area contributed by atoms with Crippen molar-refractivity contribution < 1.29 is 0 Å². The predicted molar refractivity (Wildman–Crippen MR) is 206 cm³/mol. The van der Waals surface area contributed by atoms with Crippen LogP contribution in [0.25, 0.3) is 0 Å². The first kappa shape index (κ1) is 32.8. The molecule has 0 heterocycles. The van der Waals surface area contributed by atoms with Crippen LogP contribution < -0.4 is 15.6 Å². The normalized spacial score (nSPS) is 11.6. The monoisotopic (exact) mass is 648 g/mol. The maximum Gasteiger partial charge on any atom is 0.247 e. The topological polar surface area (TPSA) is 0 Å². The Hall–Kier alpha value is -4.17. The Morgan fingerprint density at radius 2 is 0.638 bits per heavy atom. The summed E-state index contributed by atoms with van der Waals surface area (Å²) in [5.41, 5.74) is 16.0. The summed E-state index contributed by atoms with van der Waals surface area (Å²) >= 11 is 8.45. The van der Waals surface area contributed by atoms with E-state index in [0.29, 0.717) is 0 Å². The second-order valence-corrected chi connectivity index (χ2v) is 18.1. The molecule has 0 saturated heterocycles.